The minimum Gasteiger partial charge on any atom is -0.493 e. The van der Waals surface area contributed by atoms with Crippen LogP contribution in [-0.2, 0) is 4.79 Å². The highest BCUT2D eigenvalue weighted by Gasteiger charge is 2.33. The van der Waals surface area contributed by atoms with Crippen molar-refractivity contribution in [2.24, 2.45) is 0 Å². The lowest BCUT2D eigenvalue weighted by molar-refractivity contribution is -0.143. The van der Waals surface area contributed by atoms with Gasteiger partial charge < -0.3 is 19.5 Å². The minimum absolute atomic E-state index is 0.154. The lowest BCUT2D eigenvalue weighted by Crippen LogP contribution is -2.47. The average Bonchev–Trinajstić information content (AvgIpc) is 3.14. The molecule has 1 heterocycles. The molecule has 1 saturated heterocycles. The van der Waals surface area contributed by atoms with Crippen LogP contribution >= 0.6 is 0 Å². The summed E-state index contributed by atoms with van der Waals surface area (Å²) in [6.07, 6.45) is 6.64. The van der Waals surface area contributed by atoms with Crippen molar-refractivity contribution in [1.29, 1.82) is 0 Å². The van der Waals surface area contributed by atoms with Crippen molar-refractivity contribution in [3.8, 4) is 11.5 Å². The van der Waals surface area contributed by atoms with E-state index in [1.165, 1.54) is 4.90 Å². The highest BCUT2D eigenvalue weighted by molar-refractivity contribution is 5.97. The Balaban J connectivity index is 1.82. The van der Waals surface area contributed by atoms with E-state index in [0.29, 0.717) is 30.0 Å². The van der Waals surface area contributed by atoms with Gasteiger partial charge in [0, 0.05) is 12.1 Å². The number of amides is 1. The quantitative estimate of drug-likeness (QED) is 0.886. The molecule has 0 radical (unpaired) electrons. The summed E-state index contributed by atoms with van der Waals surface area (Å²) in [5, 5.41) is 9.39. The number of hydrogen-bond donors (Lipinski definition) is 1. The number of piperidine rings is 1. The number of carbonyl (C=O) groups is 2. The Hall–Kier alpha value is -2.24. The molecule has 1 amide bonds. The Kier molecular flexibility index (Phi) is 5.46. The molecule has 25 heavy (non-hydrogen) atoms. The summed E-state index contributed by atoms with van der Waals surface area (Å²) in [5.41, 5.74) is 0.446. The van der Waals surface area contributed by atoms with Gasteiger partial charge in [-0.3, -0.25) is 4.79 Å². The molecule has 3 rings (SSSR count). The molecule has 2 aliphatic rings. The molecule has 0 aromatic heterocycles. The smallest absolute Gasteiger partial charge is 0.326 e. The van der Waals surface area contributed by atoms with Crippen LogP contribution in [-0.4, -0.2) is 47.7 Å². The van der Waals surface area contributed by atoms with E-state index in [0.717, 1.165) is 38.5 Å². The van der Waals surface area contributed by atoms with Crippen LogP contribution in [0.3, 0.4) is 0 Å². The van der Waals surface area contributed by atoms with Crippen molar-refractivity contribution >= 4 is 11.9 Å². The molecule has 0 bridgehead atoms. The Morgan fingerprint density at radius 1 is 1.08 bits per heavy atom. The molecule has 1 aliphatic carbocycles. The highest BCUT2D eigenvalue weighted by atomic mass is 16.5. The fourth-order valence-electron chi connectivity index (χ4n) is 3.68. The maximum atomic E-state index is 12.9. The van der Waals surface area contributed by atoms with Gasteiger partial charge in [-0.1, -0.05) is 0 Å². The monoisotopic (exact) mass is 347 g/mol. The van der Waals surface area contributed by atoms with Crippen LogP contribution in [0.15, 0.2) is 18.2 Å². The average molecular weight is 347 g/mol. The molecule has 6 nitrogen and oxygen atoms in total. The molecular weight excluding hydrogens is 322 g/mol. The molecule has 0 spiro atoms. The summed E-state index contributed by atoms with van der Waals surface area (Å²) >= 11 is 0. The summed E-state index contributed by atoms with van der Waals surface area (Å²) < 4.78 is 11.4. The van der Waals surface area contributed by atoms with Crippen LogP contribution in [0.2, 0.25) is 0 Å². The zero-order valence-corrected chi connectivity index (χ0v) is 14.6. The van der Waals surface area contributed by atoms with Gasteiger partial charge in [0.1, 0.15) is 6.04 Å². The van der Waals surface area contributed by atoms with E-state index in [9.17, 15) is 14.7 Å². The largest absolute Gasteiger partial charge is 0.493 e. The van der Waals surface area contributed by atoms with Crippen LogP contribution < -0.4 is 9.47 Å². The Labute approximate surface area is 147 Å². The Morgan fingerprint density at radius 3 is 2.48 bits per heavy atom. The van der Waals surface area contributed by atoms with Crippen LogP contribution in [0.25, 0.3) is 0 Å². The molecule has 1 aliphatic heterocycles. The molecule has 0 unspecified atom stereocenters. The van der Waals surface area contributed by atoms with E-state index in [2.05, 4.69) is 0 Å². The predicted molar refractivity (Wildman–Crippen MR) is 92.2 cm³/mol. The number of carbonyl (C=O) groups excluding carboxylic acids is 1. The first kappa shape index (κ1) is 17.6. The summed E-state index contributed by atoms with van der Waals surface area (Å²) in [6, 6.07) is 4.34. The number of ether oxygens (including phenoxy) is 2. The predicted octanol–water partition coefficient (Wildman–Crippen LogP) is 3.10. The fourth-order valence-corrected chi connectivity index (χ4v) is 3.68. The number of nitrogens with zero attached hydrogens (tertiary/aromatic N) is 1. The Bertz CT molecular complexity index is 639. The number of benzene rings is 1. The fraction of sp³-hybridized carbons (Fsp3) is 0.579. The van der Waals surface area contributed by atoms with Crippen LogP contribution in [0.1, 0.15) is 55.3 Å². The van der Waals surface area contributed by atoms with Gasteiger partial charge in [0.05, 0.1) is 13.2 Å². The first-order valence-electron chi connectivity index (χ1n) is 8.98. The number of aliphatic carboxylic acids is 1. The molecule has 2 fully saturated rings. The molecule has 1 aromatic rings. The van der Waals surface area contributed by atoms with E-state index in [-0.39, 0.29) is 12.0 Å². The van der Waals surface area contributed by atoms with E-state index in [1.54, 1.807) is 25.3 Å². The molecule has 1 aromatic carbocycles. The second kappa shape index (κ2) is 7.76. The van der Waals surface area contributed by atoms with E-state index < -0.39 is 12.0 Å². The molecule has 6 heteroatoms. The van der Waals surface area contributed by atoms with Gasteiger partial charge in [0.2, 0.25) is 0 Å². The topological polar surface area (TPSA) is 76.1 Å². The second-order valence-electron chi connectivity index (χ2n) is 6.74. The minimum atomic E-state index is -0.941. The number of methoxy groups -OCH3 is 1. The van der Waals surface area contributed by atoms with Crippen LogP contribution in [0.5, 0.6) is 11.5 Å². The third-order valence-electron chi connectivity index (χ3n) is 5.06. The van der Waals surface area contributed by atoms with Gasteiger partial charge in [-0.05, 0) is 63.1 Å². The number of hydrogen-bond acceptors (Lipinski definition) is 4. The van der Waals surface area contributed by atoms with Gasteiger partial charge in [0.25, 0.3) is 5.91 Å². The molecule has 1 N–H and O–H groups in total. The van der Waals surface area contributed by atoms with Gasteiger partial charge in [-0.25, -0.2) is 4.79 Å². The number of likely N-dealkylation sites (tertiary alicyclic amines) is 1. The van der Waals surface area contributed by atoms with Gasteiger partial charge in [-0.2, -0.15) is 0 Å². The van der Waals surface area contributed by atoms with E-state index in [4.69, 9.17) is 9.47 Å². The summed E-state index contributed by atoms with van der Waals surface area (Å²) in [4.78, 5) is 25.8. The van der Waals surface area contributed by atoms with Crippen molar-refractivity contribution in [2.45, 2.75) is 57.1 Å². The van der Waals surface area contributed by atoms with Crippen molar-refractivity contribution in [1.82, 2.24) is 4.90 Å². The molecule has 1 atom stereocenters. The summed E-state index contributed by atoms with van der Waals surface area (Å²) in [7, 11) is 1.57. The zero-order chi connectivity index (χ0) is 17.8. The molecular formula is C19H25NO5. The number of carboxylic acids is 1. The Morgan fingerprint density at radius 2 is 1.80 bits per heavy atom. The third-order valence-corrected chi connectivity index (χ3v) is 5.06. The molecule has 136 valence electrons. The number of carboxylic acid groups (broad SMARTS) is 1. The van der Waals surface area contributed by atoms with Gasteiger partial charge in [0.15, 0.2) is 11.5 Å². The first-order chi connectivity index (χ1) is 12.1. The lowest BCUT2D eigenvalue weighted by atomic mass is 10.0. The standard InChI is InChI=1S/C19H25NO5/c1-24-16-10-9-13(12-17(16)25-14-6-2-3-7-14)18(21)20-11-5-4-8-15(20)19(22)23/h9-10,12,14-15H,2-8,11H2,1H3,(H,22,23)/t15-/m1/s1. The van der Waals surface area contributed by atoms with Crippen LogP contribution in [0.4, 0.5) is 0 Å². The van der Waals surface area contributed by atoms with Crippen LogP contribution in [0, 0.1) is 0 Å². The van der Waals surface area contributed by atoms with Crippen molar-refractivity contribution < 1.29 is 24.2 Å². The maximum Gasteiger partial charge on any atom is 0.326 e. The van der Waals surface area contributed by atoms with Crippen molar-refractivity contribution in [3.05, 3.63) is 23.8 Å². The van der Waals surface area contributed by atoms with Crippen molar-refractivity contribution in [3.63, 3.8) is 0 Å². The SMILES string of the molecule is COc1ccc(C(=O)N2CCCC[C@@H]2C(=O)O)cc1OC1CCCC1. The maximum absolute atomic E-state index is 12.9. The van der Waals surface area contributed by atoms with Gasteiger partial charge in [-0.15, -0.1) is 0 Å². The normalized spacial score (nSPS) is 21.2. The third kappa shape index (κ3) is 3.89. The highest BCUT2D eigenvalue weighted by Crippen LogP contribution is 2.33. The van der Waals surface area contributed by atoms with Crippen molar-refractivity contribution in [2.75, 3.05) is 13.7 Å². The van der Waals surface area contributed by atoms with E-state index >= 15 is 0 Å². The van der Waals surface area contributed by atoms with Gasteiger partial charge >= 0.3 is 5.97 Å². The van der Waals surface area contributed by atoms with E-state index in [1.807, 2.05) is 0 Å². The second-order valence-corrected chi connectivity index (χ2v) is 6.74. The summed E-state index contributed by atoms with van der Waals surface area (Å²) in [6.45, 7) is 0.473. The lowest BCUT2D eigenvalue weighted by Gasteiger charge is -2.33. The zero-order valence-electron chi connectivity index (χ0n) is 14.6. The summed E-state index contributed by atoms with van der Waals surface area (Å²) in [5.74, 6) is -0.0453. The first-order valence-corrected chi connectivity index (χ1v) is 8.98. The molecule has 1 saturated carbocycles. The number of rotatable bonds is 5.